The predicted octanol–water partition coefficient (Wildman–Crippen LogP) is 1.61. The van der Waals surface area contributed by atoms with E-state index >= 15 is 0 Å². The van der Waals surface area contributed by atoms with Gasteiger partial charge in [0.15, 0.2) is 0 Å². The zero-order valence-corrected chi connectivity index (χ0v) is 10.3. The molecule has 1 rings (SSSR count). The third kappa shape index (κ3) is 4.94. The Morgan fingerprint density at radius 1 is 1.31 bits per heavy atom. The van der Waals surface area contributed by atoms with Crippen molar-refractivity contribution in [3.05, 3.63) is 0 Å². The highest BCUT2D eigenvalue weighted by Crippen LogP contribution is 2.19. The lowest BCUT2D eigenvalue weighted by Crippen LogP contribution is -2.37. The number of hydrogen-bond donors (Lipinski definition) is 1. The number of rotatable bonds is 4. The highest BCUT2D eigenvalue weighted by atomic mass is 16.6. The number of carbonyl (C=O) groups excluding carboxylic acids is 1. The number of hydrogen-bond acceptors (Lipinski definition) is 4. The lowest BCUT2D eigenvalue weighted by Gasteiger charge is -2.21. The Labute approximate surface area is 97.5 Å². The molecule has 0 amide bonds. The maximum Gasteiger partial charge on any atom is 0.332 e. The van der Waals surface area contributed by atoms with E-state index in [9.17, 15) is 4.79 Å². The minimum absolute atomic E-state index is 0.0159. The van der Waals surface area contributed by atoms with Crippen molar-refractivity contribution < 1.29 is 14.3 Å². The van der Waals surface area contributed by atoms with Gasteiger partial charge >= 0.3 is 5.97 Å². The van der Waals surface area contributed by atoms with E-state index in [4.69, 9.17) is 15.2 Å². The maximum absolute atomic E-state index is 11.3. The summed E-state index contributed by atoms with van der Waals surface area (Å²) in [5.74, 6) is -0.300. The lowest BCUT2D eigenvalue weighted by atomic mass is 10.1. The van der Waals surface area contributed by atoms with Crippen molar-refractivity contribution in [1.29, 1.82) is 0 Å². The molecule has 4 heteroatoms. The molecule has 94 valence electrons. The molecule has 1 saturated carbocycles. The van der Waals surface area contributed by atoms with Crippen molar-refractivity contribution in [3.8, 4) is 0 Å². The van der Waals surface area contributed by atoms with E-state index in [1.165, 1.54) is 6.42 Å². The van der Waals surface area contributed by atoms with Crippen LogP contribution in [0.1, 0.15) is 46.0 Å². The molecule has 0 radical (unpaired) electrons. The molecule has 1 aliphatic rings. The molecule has 1 aliphatic carbocycles. The van der Waals surface area contributed by atoms with Gasteiger partial charge in [-0.15, -0.1) is 0 Å². The van der Waals surface area contributed by atoms with Gasteiger partial charge in [0.1, 0.15) is 6.61 Å². The molecule has 4 nitrogen and oxygen atoms in total. The Balaban J connectivity index is 2.26. The average Bonchev–Trinajstić information content (AvgIpc) is 2.39. The van der Waals surface area contributed by atoms with E-state index in [1.807, 2.05) is 13.8 Å². The fourth-order valence-electron chi connectivity index (χ4n) is 1.98. The van der Waals surface area contributed by atoms with Crippen LogP contribution in [0.5, 0.6) is 0 Å². The van der Waals surface area contributed by atoms with E-state index in [2.05, 4.69) is 0 Å². The summed E-state index contributed by atoms with van der Waals surface area (Å²) in [5, 5.41) is 0. The number of esters is 1. The zero-order chi connectivity index (χ0) is 12.0. The van der Waals surface area contributed by atoms with Crippen LogP contribution < -0.4 is 5.73 Å². The number of nitrogens with two attached hydrogens (primary N) is 1. The van der Waals surface area contributed by atoms with Crippen LogP contribution in [0.25, 0.3) is 0 Å². The van der Waals surface area contributed by atoms with Gasteiger partial charge in [-0.2, -0.15) is 0 Å². The van der Waals surface area contributed by atoms with Gasteiger partial charge in [-0.25, -0.2) is 4.79 Å². The van der Waals surface area contributed by atoms with Crippen molar-refractivity contribution in [3.63, 3.8) is 0 Å². The summed E-state index contributed by atoms with van der Waals surface area (Å²) in [6.45, 7) is 3.68. The van der Waals surface area contributed by atoms with Crippen molar-refractivity contribution in [2.24, 2.45) is 5.73 Å². The van der Waals surface area contributed by atoms with Crippen LogP contribution in [-0.2, 0) is 14.3 Å². The van der Waals surface area contributed by atoms with Gasteiger partial charge in [-0.1, -0.05) is 19.3 Å². The van der Waals surface area contributed by atoms with E-state index in [0.29, 0.717) is 0 Å². The second-order valence-corrected chi connectivity index (χ2v) is 4.69. The Hall–Kier alpha value is -0.610. The van der Waals surface area contributed by atoms with E-state index < -0.39 is 0 Å². The second kappa shape index (κ2) is 6.86. The summed E-state index contributed by atoms with van der Waals surface area (Å²) in [6, 6.07) is 0.0642. The van der Waals surface area contributed by atoms with Crippen LogP contribution in [0.15, 0.2) is 0 Å². The Kier molecular flexibility index (Phi) is 5.77. The summed E-state index contributed by atoms with van der Waals surface area (Å²) >= 11 is 0. The fraction of sp³-hybridized carbons (Fsp3) is 0.917. The molecule has 0 bridgehead atoms. The molecule has 2 atom stereocenters. The number of ether oxygens (including phenoxy) is 2. The van der Waals surface area contributed by atoms with E-state index in [0.717, 1.165) is 25.7 Å². The Morgan fingerprint density at radius 3 is 2.69 bits per heavy atom. The van der Waals surface area contributed by atoms with Gasteiger partial charge in [0.05, 0.1) is 12.2 Å². The first-order chi connectivity index (χ1) is 7.59. The lowest BCUT2D eigenvalue weighted by molar-refractivity contribution is -0.155. The minimum Gasteiger partial charge on any atom is -0.461 e. The summed E-state index contributed by atoms with van der Waals surface area (Å²) in [4.78, 5) is 11.3. The smallest absolute Gasteiger partial charge is 0.332 e. The average molecular weight is 229 g/mol. The normalized spacial score (nSPS) is 26.5. The molecule has 0 saturated heterocycles. The zero-order valence-electron chi connectivity index (χ0n) is 10.3. The Morgan fingerprint density at radius 2 is 2.00 bits per heavy atom. The molecule has 2 N–H and O–H groups in total. The molecule has 0 aliphatic heterocycles. The summed E-state index contributed by atoms with van der Waals surface area (Å²) in [5.41, 5.74) is 5.99. The molecular weight excluding hydrogens is 206 g/mol. The SMILES string of the molecule is CC(C)OC(=O)COC1CCCCCC1N. The molecule has 0 heterocycles. The van der Waals surface area contributed by atoms with Crippen molar-refractivity contribution >= 4 is 5.97 Å². The van der Waals surface area contributed by atoms with Crippen LogP contribution in [0.3, 0.4) is 0 Å². The van der Waals surface area contributed by atoms with Gasteiger partial charge in [0.2, 0.25) is 0 Å². The van der Waals surface area contributed by atoms with Gasteiger partial charge in [-0.05, 0) is 26.7 Å². The summed E-state index contributed by atoms with van der Waals surface area (Å²) in [7, 11) is 0. The molecular formula is C12H23NO3. The quantitative estimate of drug-likeness (QED) is 0.587. The Bertz CT molecular complexity index is 218. The molecule has 0 aromatic heterocycles. The van der Waals surface area contributed by atoms with E-state index in [1.54, 1.807) is 0 Å². The third-order valence-electron chi connectivity index (χ3n) is 2.79. The van der Waals surface area contributed by atoms with Crippen LogP contribution in [0.4, 0.5) is 0 Å². The first kappa shape index (κ1) is 13.5. The minimum atomic E-state index is -0.300. The van der Waals surface area contributed by atoms with Crippen LogP contribution >= 0.6 is 0 Å². The number of carbonyl (C=O) groups is 1. The summed E-state index contributed by atoms with van der Waals surface area (Å²) in [6.07, 6.45) is 5.39. The van der Waals surface area contributed by atoms with Gasteiger partial charge in [-0.3, -0.25) is 0 Å². The molecule has 0 spiro atoms. The first-order valence-corrected chi connectivity index (χ1v) is 6.16. The largest absolute Gasteiger partial charge is 0.461 e. The van der Waals surface area contributed by atoms with E-state index in [-0.39, 0.29) is 30.8 Å². The van der Waals surface area contributed by atoms with Crippen molar-refractivity contribution in [1.82, 2.24) is 0 Å². The monoisotopic (exact) mass is 229 g/mol. The molecule has 2 unspecified atom stereocenters. The topological polar surface area (TPSA) is 61.5 Å². The first-order valence-electron chi connectivity index (χ1n) is 6.16. The van der Waals surface area contributed by atoms with Gasteiger partial charge < -0.3 is 15.2 Å². The molecule has 0 aromatic rings. The molecule has 1 fully saturated rings. The highest BCUT2D eigenvalue weighted by Gasteiger charge is 2.22. The summed E-state index contributed by atoms with van der Waals surface area (Å²) < 4.78 is 10.5. The molecule has 16 heavy (non-hydrogen) atoms. The maximum atomic E-state index is 11.3. The highest BCUT2D eigenvalue weighted by molar-refractivity contribution is 5.70. The third-order valence-corrected chi connectivity index (χ3v) is 2.79. The fourth-order valence-corrected chi connectivity index (χ4v) is 1.98. The predicted molar refractivity (Wildman–Crippen MR) is 62.0 cm³/mol. The molecule has 0 aromatic carbocycles. The van der Waals surface area contributed by atoms with Crippen LogP contribution in [0, 0.1) is 0 Å². The van der Waals surface area contributed by atoms with Crippen LogP contribution in [0.2, 0.25) is 0 Å². The van der Waals surface area contributed by atoms with Gasteiger partial charge in [0, 0.05) is 6.04 Å². The van der Waals surface area contributed by atoms with Crippen molar-refractivity contribution in [2.75, 3.05) is 6.61 Å². The van der Waals surface area contributed by atoms with Crippen LogP contribution in [-0.4, -0.2) is 30.8 Å². The second-order valence-electron chi connectivity index (χ2n) is 4.69. The standard InChI is InChI=1S/C12H23NO3/c1-9(2)16-12(14)8-15-11-7-5-3-4-6-10(11)13/h9-11H,3-8,13H2,1-2H3. The van der Waals surface area contributed by atoms with Crippen molar-refractivity contribution in [2.45, 2.75) is 64.2 Å². The van der Waals surface area contributed by atoms with Gasteiger partial charge in [0.25, 0.3) is 0 Å².